The number of aliphatic hydroxyl groups is 1. The van der Waals surface area contributed by atoms with E-state index in [1.807, 2.05) is 70.2 Å². The molecule has 0 heterocycles. The van der Waals surface area contributed by atoms with Gasteiger partial charge < -0.3 is 15.7 Å². The SMILES string of the molecule is Cc1ccc(NC(C)c2cccc(CO)c2)cc1NC(=O)C(C)(C)C. The van der Waals surface area contributed by atoms with Gasteiger partial charge in [0.2, 0.25) is 5.91 Å². The van der Waals surface area contributed by atoms with Gasteiger partial charge in [-0.1, -0.05) is 51.1 Å². The zero-order valence-electron chi connectivity index (χ0n) is 15.7. The second kappa shape index (κ2) is 7.70. The average molecular weight is 340 g/mol. The molecule has 1 amide bonds. The number of hydrogen-bond donors (Lipinski definition) is 3. The molecule has 0 saturated carbocycles. The van der Waals surface area contributed by atoms with E-state index in [4.69, 9.17) is 0 Å². The number of aryl methyl sites for hydroxylation is 1. The van der Waals surface area contributed by atoms with Crippen molar-refractivity contribution in [3.8, 4) is 0 Å². The molecule has 0 fully saturated rings. The third-order valence-electron chi connectivity index (χ3n) is 4.18. The number of aliphatic hydroxyl groups excluding tert-OH is 1. The molecule has 4 nitrogen and oxygen atoms in total. The van der Waals surface area contributed by atoms with E-state index >= 15 is 0 Å². The summed E-state index contributed by atoms with van der Waals surface area (Å²) in [5.41, 5.74) is 4.35. The van der Waals surface area contributed by atoms with E-state index in [0.717, 1.165) is 28.1 Å². The number of carbonyl (C=O) groups excluding carboxylic acids is 1. The van der Waals surface area contributed by atoms with E-state index in [0.29, 0.717) is 0 Å². The summed E-state index contributed by atoms with van der Waals surface area (Å²) in [5.74, 6) is -0.00329. The number of rotatable bonds is 5. The van der Waals surface area contributed by atoms with E-state index in [1.54, 1.807) is 0 Å². The van der Waals surface area contributed by atoms with Crippen molar-refractivity contribution in [2.24, 2.45) is 5.41 Å². The van der Waals surface area contributed by atoms with Crippen LogP contribution in [0, 0.1) is 12.3 Å². The second-order valence-electron chi connectivity index (χ2n) is 7.50. The Balaban J connectivity index is 2.17. The molecule has 0 bridgehead atoms. The van der Waals surface area contributed by atoms with Crippen LogP contribution < -0.4 is 10.6 Å². The van der Waals surface area contributed by atoms with Crippen molar-refractivity contribution in [1.82, 2.24) is 0 Å². The highest BCUT2D eigenvalue weighted by atomic mass is 16.3. The van der Waals surface area contributed by atoms with Crippen molar-refractivity contribution in [2.45, 2.75) is 47.3 Å². The average Bonchev–Trinajstić information content (AvgIpc) is 2.57. The number of hydrogen-bond acceptors (Lipinski definition) is 3. The van der Waals surface area contributed by atoms with Gasteiger partial charge in [-0.15, -0.1) is 0 Å². The highest BCUT2D eigenvalue weighted by molar-refractivity contribution is 5.95. The van der Waals surface area contributed by atoms with Crippen LogP contribution in [0.2, 0.25) is 0 Å². The zero-order chi connectivity index (χ0) is 18.6. The molecule has 3 N–H and O–H groups in total. The summed E-state index contributed by atoms with van der Waals surface area (Å²) in [6.45, 7) is 9.79. The van der Waals surface area contributed by atoms with Crippen LogP contribution in [0.4, 0.5) is 11.4 Å². The Morgan fingerprint density at radius 3 is 2.52 bits per heavy atom. The van der Waals surface area contributed by atoms with Gasteiger partial charge in [-0.25, -0.2) is 0 Å². The highest BCUT2D eigenvalue weighted by Gasteiger charge is 2.21. The predicted octanol–water partition coefficient (Wildman–Crippen LogP) is 4.65. The van der Waals surface area contributed by atoms with Gasteiger partial charge in [0.1, 0.15) is 0 Å². The van der Waals surface area contributed by atoms with E-state index in [1.165, 1.54) is 0 Å². The Kier molecular flexibility index (Phi) is 5.85. The Morgan fingerprint density at radius 2 is 1.88 bits per heavy atom. The molecule has 25 heavy (non-hydrogen) atoms. The van der Waals surface area contributed by atoms with Crippen molar-refractivity contribution in [2.75, 3.05) is 10.6 Å². The van der Waals surface area contributed by atoms with Crippen LogP contribution in [-0.2, 0) is 11.4 Å². The van der Waals surface area contributed by atoms with Crippen molar-refractivity contribution in [3.63, 3.8) is 0 Å². The molecule has 0 aliphatic rings. The van der Waals surface area contributed by atoms with Gasteiger partial charge in [-0.3, -0.25) is 4.79 Å². The Hall–Kier alpha value is -2.33. The second-order valence-corrected chi connectivity index (χ2v) is 7.50. The van der Waals surface area contributed by atoms with E-state index < -0.39 is 5.41 Å². The lowest BCUT2D eigenvalue weighted by atomic mass is 9.95. The maximum absolute atomic E-state index is 12.3. The van der Waals surface area contributed by atoms with E-state index in [-0.39, 0.29) is 18.6 Å². The fourth-order valence-corrected chi connectivity index (χ4v) is 2.45. The Morgan fingerprint density at radius 1 is 1.16 bits per heavy atom. The van der Waals surface area contributed by atoms with Crippen molar-refractivity contribution in [1.29, 1.82) is 0 Å². The molecule has 2 aromatic carbocycles. The van der Waals surface area contributed by atoms with Crippen LogP contribution in [0.25, 0.3) is 0 Å². The first-order chi connectivity index (χ1) is 11.7. The van der Waals surface area contributed by atoms with Gasteiger partial charge >= 0.3 is 0 Å². The summed E-state index contributed by atoms with van der Waals surface area (Å²) in [4.78, 5) is 12.3. The molecule has 0 aliphatic carbocycles. The molecule has 0 aliphatic heterocycles. The topological polar surface area (TPSA) is 61.4 Å². The number of benzene rings is 2. The summed E-state index contributed by atoms with van der Waals surface area (Å²) in [7, 11) is 0. The van der Waals surface area contributed by atoms with Crippen molar-refractivity contribution < 1.29 is 9.90 Å². The zero-order valence-corrected chi connectivity index (χ0v) is 15.7. The number of amides is 1. The number of nitrogens with one attached hydrogen (secondary N) is 2. The molecule has 0 spiro atoms. The molecule has 2 aromatic rings. The third-order valence-corrected chi connectivity index (χ3v) is 4.18. The van der Waals surface area contributed by atoms with Gasteiger partial charge in [0.15, 0.2) is 0 Å². The standard InChI is InChI=1S/C21H28N2O2/c1-14-9-10-18(12-19(14)23-20(25)21(3,4)5)22-15(2)17-8-6-7-16(11-17)13-24/h6-12,15,22,24H,13H2,1-5H3,(H,23,25). The molecule has 0 aromatic heterocycles. The van der Waals surface area contributed by atoms with Crippen molar-refractivity contribution in [3.05, 3.63) is 59.2 Å². The fourth-order valence-electron chi connectivity index (χ4n) is 2.45. The lowest BCUT2D eigenvalue weighted by Gasteiger charge is -2.21. The van der Waals surface area contributed by atoms with Gasteiger partial charge in [0.25, 0.3) is 0 Å². The summed E-state index contributed by atoms with van der Waals surface area (Å²) in [6.07, 6.45) is 0. The predicted molar refractivity (Wildman–Crippen MR) is 104 cm³/mol. The minimum absolute atomic E-state index is 0.00329. The lowest BCUT2D eigenvalue weighted by molar-refractivity contribution is -0.123. The summed E-state index contributed by atoms with van der Waals surface area (Å²) in [6, 6.07) is 13.9. The molecule has 0 radical (unpaired) electrons. The van der Waals surface area contributed by atoms with Gasteiger partial charge in [0, 0.05) is 22.8 Å². The number of anilines is 2. The molecule has 1 atom stereocenters. The number of carbonyl (C=O) groups is 1. The minimum atomic E-state index is -0.437. The Bertz CT molecular complexity index is 748. The Labute approximate surface area is 150 Å². The molecule has 134 valence electrons. The lowest BCUT2D eigenvalue weighted by Crippen LogP contribution is -2.28. The van der Waals surface area contributed by atoms with Crippen LogP contribution in [0.1, 0.15) is 50.4 Å². The molecular weight excluding hydrogens is 312 g/mol. The van der Waals surface area contributed by atoms with Crippen LogP contribution in [-0.4, -0.2) is 11.0 Å². The first-order valence-electron chi connectivity index (χ1n) is 8.59. The van der Waals surface area contributed by atoms with Crippen LogP contribution in [0.5, 0.6) is 0 Å². The first-order valence-corrected chi connectivity index (χ1v) is 8.59. The normalized spacial score (nSPS) is 12.6. The molecule has 0 saturated heterocycles. The molecule has 2 rings (SSSR count). The first kappa shape index (κ1) is 19.0. The van der Waals surface area contributed by atoms with E-state index in [9.17, 15) is 9.90 Å². The summed E-state index contributed by atoms with van der Waals surface area (Å²) < 4.78 is 0. The minimum Gasteiger partial charge on any atom is -0.392 e. The third kappa shape index (κ3) is 5.07. The molecule has 4 heteroatoms. The van der Waals surface area contributed by atoms with Crippen LogP contribution in [0.15, 0.2) is 42.5 Å². The maximum Gasteiger partial charge on any atom is 0.229 e. The van der Waals surface area contributed by atoms with Crippen molar-refractivity contribution >= 4 is 17.3 Å². The van der Waals surface area contributed by atoms with Gasteiger partial charge in [-0.05, 0) is 42.7 Å². The van der Waals surface area contributed by atoms with Crippen LogP contribution in [0.3, 0.4) is 0 Å². The summed E-state index contributed by atoms with van der Waals surface area (Å²) in [5, 5.41) is 15.8. The maximum atomic E-state index is 12.3. The molecule has 1 unspecified atom stereocenters. The van der Waals surface area contributed by atoms with Gasteiger partial charge in [-0.2, -0.15) is 0 Å². The summed E-state index contributed by atoms with van der Waals surface area (Å²) >= 11 is 0. The van der Waals surface area contributed by atoms with Gasteiger partial charge in [0.05, 0.1) is 6.61 Å². The molecular formula is C21H28N2O2. The van der Waals surface area contributed by atoms with E-state index in [2.05, 4.69) is 17.6 Å². The smallest absolute Gasteiger partial charge is 0.229 e. The largest absolute Gasteiger partial charge is 0.392 e. The fraction of sp³-hybridized carbons (Fsp3) is 0.381. The highest BCUT2D eigenvalue weighted by Crippen LogP contribution is 2.26. The monoisotopic (exact) mass is 340 g/mol. The quantitative estimate of drug-likeness (QED) is 0.743. The van der Waals surface area contributed by atoms with Crippen LogP contribution >= 0.6 is 0 Å².